The van der Waals surface area contributed by atoms with Crippen molar-refractivity contribution in [3.8, 4) is 23.5 Å². The van der Waals surface area contributed by atoms with Gasteiger partial charge in [-0.3, -0.25) is 0 Å². The summed E-state index contributed by atoms with van der Waals surface area (Å²) >= 11 is 0. The molecule has 0 aliphatic heterocycles. The molecule has 0 spiro atoms. The maximum absolute atomic E-state index is 11.3. The second kappa shape index (κ2) is 7.57. The van der Waals surface area contributed by atoms with E-state index in [4.69, 9.17) is 10.2 Å². The van der Waals surface area contributed by atoms with E-state index in [1.807, 2.05) is 13.8 Å². The van der Waals surface area contributed by atoms with Crippen molar-refractivity contribution < 1.29 is 14.3 Å². The number of aromatic nitrogens is 1. The van der Waals surface area contributed by atoms with Crippen LogP contribution in [0.4, 0.5) is 5.82 Å². The van der Waals surface area contributed by atoms with Crippen LogP contribution in [0.2, 0.25) is 0 Å². The maximum Gasteiger partial charge on any atom is 0.335 e. The van der Waals surface area contributed by atoms with Gasteiger partial charge < -0.3 is 15.3 Å². The number of benzene rings is 1. The molecule has 2 heterocycles. The molecule has 1 aromatic carbocycles. The van der Waals surface area contributed by atoms with Gasteiger partial charge in [0.2, 0.25) is 0 Å². The number of nitrogen functional groups attached to an aromatic ring is 1. The number of carboxylic acid groups (broad SMARTS) is 1. The molecule has 0 radical (unpaired) electrons. The minimum Gasteiger partial charge on any atom is -0.478 e. The van der Waals surface area contributed by atoms with Crippen LogP contribution in [-0.2, 0) is 0 Å². The second-order valence-electron chi connectivity index (χ2n) is 7.54. The first-order valence-corrected chi connectivity index (χ1v) is 9.75. The van der Waals surface area contributed by atoms with Crippen LogP contribution in [0.3, 0.4) is 0 Å². The van der Waals surface area contributed by atoms with Crippen molar-refractivity contribution in [1.29, 1.82) is 10.5 Å². The van der Waals surface area contributed by atoms with Crippen LogP contribution in [0, 0.1) is 36.5 Å². The first-order valence-electron chi connectivity index (χ1n) is 9.75. The monoisotopic (exact) mass is 422 g/mol. The zero-order chi connectivity index (χ0) is 23.2. The third-order valence-corrected chi connectivity index (χ3v) is 5.65. The van der Waals surface area contributed by atoms with Crippen LogP contribution >= 0.6 is 0 Å². The maximum atomic E-state index is 11.3. The Bertz CT molecular complexity index is 1460. The number of furan rings is 1. The zero-order valence-corrected chi connectivity index (χ0v) is 17.6. The number of nitriles is 2. The van der Waals surface area contributed by atoms with E-state index >= 15 is 0 Å². The van der Waals surface area contributed by atoms with Crippen LogP contribution < -0.4 is 5.73 Å². The molecule has 0 saturated heterocycles. The molecule has 4 rings (SSSR count). The molecule has 3 N–H and O–H groups in total. The zero-order valence-electron chi connectivity index (χ0n) is 17.6. The predicted octanol–water partition coefficient (Wildman–Crippen LogP) is 4.96. The second-order valence-corrected chi connectivity index (χ2v) is 7.54. The van der Waals surface area contributed by atoms with Gasteiger partial charge in [0, 0.05) is 11.1 Å². The molecule has 1 aliphatic rings. The number of hydrogen-bond acceptors (Lipinski definition) is 6. The largest absolute Gasteiger partial charge is 0.478 e. The Hall–Kier alpha value is -4.62. The van der Waals surface area contributed by atoms with Gasteiger partial charge in [0.05, 0.1) is 22.4 Å². The predicted molar refractivity (Wildman–Crippen MR) is 120 cm³/mol. The number of pyridine rings is 1. The Balaban J connectivity index is 1.86. The van der Waals surface area contributed by atoms with Crippen LogP contribution in [0.1, 0.15) is 51.0 Å². The summed E-state index contributed by atoms with van der Waals surface area (Å²) in [5.74, 6) is 0.139. The number of nitrogens with zero attached hydrogens (tertiary/aromatic N) is 3. The van der Waals surface area contributed by atoms with Crippen molar-refractivity contribution in [3.05, 3.63) is 75.2 Å². The van der Waals surface area contributed by atoms with Crippen molar-refractivity contribution in [2.45, 2.75) is 20.8 Å². The third-order valence-electron chi connectivity index (χ3n) is 5.65. The Morgan fingerprint density at radius 3 is 2.56 bits per heavy atom. The summed E-state index contributed by atoms with van der Waals surface area (Å²) < 4.78 is 6.01. The Labute approximate surface area is 184 Å². The van der Waals surface area contributed by atoms with E-state index in [1.54, 1.807) is 43.3 Å². The fraction of sp³-hybridized carbons (Fsp3) is 0.120. The average molecular weight is 422 g/mol. The van der Waals surface area contributed by atoms with Crippen LogP contribution in [0.5, 0.6) is 0 Å². The van der Waals surface area contributed by atoms with Crippen LogP contribution in [0.15, 0.2) is 40.3 Å². The number of allylic oxidation sites excluding steroid dienone is 3. The molecule has 0 amide bonds. The number of anilines is 1. The summed E-state index contributed by atoms with van der Waals surface area (Å²) in [6, 6.07) is 12.7. The smallest absolute Gasteiger partial charge is 0.335 e. The third kappa shape index (κ3) is 3.13. The fourth-order valence-electron chi connectivity index (χ4n) is 3.93. The highest BCUT2D eigenvalue weighted by Gasteiger charge is 2.30. The summed E-state index contributed by atoms with van der Waals surface area (Å²) in [6.45, 7) is 5.48. The van der Waals surface area contributed by atoms with Crippen molar-refractivity contribution in [2.24, 2.45) is 0 Å². The normalized spacial score (nSPS) is 13.7. The average Bonchev–Trinajstić information content (AvgIpc) is 3.31. The summed E-state index contributed by atoms with van der Waals surface area (Å²) in [5.41, 5.74) is 11.6. The first kappa shape index (κ1) is 20.6. The quantitative estimate of drug-likeness (QED) is 0.608. The molecule has 0 saturated carbocycles. The van der Waals surface area contributed by atoms with Crippen LogP contribution in [0.25, 0.3) is 28.5 Å². The fourth-order valence-corrected chi connectivity index (χ4v) is 3.93. The van der Waals surface area contributed by atoms with Gasteiger partial charge in [0.25, 0.3) is 0 Å². The molecule has 2 aromatic heterocycles. The van der Waals surface area contributed by atoms with Crippen molar-refractivity contribution >= 4 is 29.0 Å². The highest BCUT2D eigenvalue weighted by atomic mass is 16.4. The number of carboxylic acids is 1. The lowest BCUT2D eigenvalue weighted by molar-refractivity contribution is 0.0697. The molecule has 156 valence electrons. The van der Waals surface area contributed by atoms with Gasteiger partial charge in [-0.2, -0.15) is 10.5 Å². The SMILES string of the molecule is CC1=C(C#N)c2nc(N)c(C#N)c(C)c2/C1=C/c1ccc(-c2cc(C(=O)O)ccc2C)o1. The molecule has 0 fully saturated rings. The lowest BCUT2D eigenvalue weighted by Crippen LogP contribution is -2.03. The van der Waals surface area contributed by atoms with Gasteiger partial charge in [0.15, 0.2) is 0 Å². The lowest BCUT2D eigenvalue weighted by atomic mass is 9.96. The standard InChI is InChI=1S/C25H18N4O3/c1-12-4-5-15(25(30)31)8-17(12)21-7-6-16(32-21)9-18-13(2)19(10-26)23-22(18)14(3)20(11-27)24(28)29-23/h4-9H,1-3H3,(H2,28,29)(H,30,31)/b18-9+. The number of aryl methyl sites for hydroxylation is 1. The Morgan fingerprint density at radius 1 is 1.16 bits per heavy atom. The highest BCUT2D eigenvalue weighted by Crippen LogP contribution is 2.44. The topological polar surface area (TPSA) is 137 Å². The van der Waals surface area contributed by atoms with Crippen molar-refractivity contribution in [2.75, 3.05) is 5.73 Å². The molecule has 0 bridgehead atoms. The minimum absolute atomic E-state index is 0.0969. The van der Waals surface area contributed by atoms with E-state index in [2.05, 4.69) is 17.1 Å². The number of rotatable bonds is 3. The van der Waals surface area contributed by atoms with Gasteiger partial charge >= 0.3 is 5.97 Å². The highest BCUT2D eigenvalue weighted by molar-refractivity contribution is 6.08. The number of nitrogens with two attached hydrogens (primary N) is 1. The molecule has 7 nitrogen and oxygen atoms in total. The van der Waals surface area contributed by atoms with Crippen LogP contribution in [-0.4, -0.2) is 16.1 Å². The molecule has 7 heteroatoms. The number of aromatic carboxylic acids is 1. The summed E-state index contributed by atoms with van der Waals surface area (Å²) in [5, 5.41) is 28.5. The van der Waals surface area contributed by atoms with Gasteiger partial charge in [-0.25, -0.2) is 9.78 Å². The molecule has 0 unspecified atom stereocenters. The molecular weight excluding hydrogens is 404 g/mol. The van der Waals surface area contributed by atoms with Gasteiger partial charge in [-0.1, -0.05) is 6.07 Å². The van der Waals surface area contributed by atoms with E-state index in [0.29, 0.717) is 39.5 Å². The van der Waals surface area contributed by atoms with E-state index in [-0.39, 0.29) is 16.9 Å². The lowest BCUT2D eigenvalue weighted by Gasteiger charge is -2.10. The van der Waals surface area contributed by atoms with E-state index in [9.17, 15) is 20.4 Å². The summed E-state index contributed by atoms with van der Waals surface area (Å²) in [6.07, 6.45) is 1.80. The summed E-state index contributed by atoms with van der Waals surface area (Å²) in [4.78, 5) is 15.7. The van der Waals surface area contributed by atoms with Crippen molar-refractivity contribution in [1.82, 2.24) is 4.98 Å². The van der Waals surface area contributed by atoms with E-state index in [0.717, 1.165) is 16.7 Å². The van der Waals surface area contributed by atoms with E-state index in [1.165, 1.54) is 0 Å². The Kier molecular flexibility index (Phi) is 4.88. The molecule has 32 heavy (non-hydrogen) atoms. The van der Waals surface area contributed by atoms with Gasteiger partial charge in [0.1, 0.15) is 29.5 Å². The molecular formula is C25H18N4O3. The number of carbonyl (C=O) groups is 1. The molecule has 0 atom stereocenters. The molecule has 3 aromatic rings. The minimum atomic E-state index is -1.01. The number of fused-ring (bicyclic) bond motifs is 1. The first-order chi connectivity index (χ1) is 15.3. The number of hydrogen-bond donors (Lipinski definition) is 2. The van der Waals surface area contributed by atoms with Crippen molar-refractivity contribution in [3.63, 3.8) is 0 Å². The molecule has 1 aliphatic carbocycles. The summed E-state index contributed by atoms with van der Waals surface area (Å²) in [7, 11) is 0. The Morgan fingerprint density at radius 2 is 1.91 bits per heavy atom. The van der Waals surface area contributed by atoms with Gasteiger partial charge in [-0.05, 0) is 73.4 Å². The van der Waals surface area contributed by atoms with Gasteiger partial charge in [-0.15, -0.1) is 0 Å². The van der Waals surface area contributed by atoms with E-state index < -0.39 is 5.97 Å².